The normalized spacial score (nSPS) is 16.5. The number of sulfonamides is 1. The van der Waals surface area contributed by atoms with Crippen LogP contribution < -0.4 is 21.1 Å². The first-order chi connectivity index (χ1) is 14.4. The van der Waals surface area contributed by atoms with Gasteiger partial charge in [0.2, 0.25) is 15.9 Å². The quantitative estimate of drug-likeness (QED) is 0.393. The van der Waals surface area contributed by atoms with Gasteiger partial charge in [-0.2, -0.15) is 0 Å². The van der Waals surface area contributed by atoms with Gasteiger partial charge in [0.15, 0.2) is 5.96 Å². The van der Waals surface area contributed by atoms with E-state index in [1.807, 2.05) is 31.2 Å². The Kier molecular flexibility index (Phi) is 7.07. The summed E-state index contributed by atoms with van der Waals surface area (Å²) in [6.07, 6.45) is 1.11. The number of hydrogen-bond donors (Lipinski definition) is 4. The summed E-state index contributed by atoms with van der Waals surface area (Å²) in [5.41, 5.74) is 2.95. The average molecular weight is 430 g/mol. The molecule has 0 saturated heterocycles. The molecule has 1 aliphatic rings. The molecule has 0 bridgehead atoms. The number of nitrogens with two attached hydrogens (primary N) is 1. The van der Waals surface area contributed by atoms with Gasteiger partial charge in [-0.3, -0.25) is 9.79 Å². The van der Waals surface area contributed by atoms with Crippen molar-refractivity contribution in [3.05, 3.63) is 59.7 Å². The van der Waals surface area contributed by atoms with Crippen LogP contribution in [0.5, 0.6) is 0 Å². The number of anilines is 1. The first kappa shape index (κ1) is 21.8. The van der Waals surface area contributed by atoms with E-state index in [0.717, 1.165) is 23.4 Å². The van der Waals surface area contributed by atoms with E-state index in [9.17, 15) is 13.2 Å². The lowest BCUT2D eigenvalue weighted by molar-refractivity contribution is -0.116. The molecule has 1 heterocycles. The summed E-state index contributed by atoms with van der Waals surface area (Å²) < 4.78 is 22.7. The van der Waals surface area contributed by atoms with Crippen molar-refractivity contribution in [2.45, 2.75) is 30.6 Å². The molecule has 0 radical (unpaired) electrons. The maximum Gasteiger partial charge on any atom is 0.238 e. The second-order valence-electron chi connectivity index (χ2n) is 7.12. The third kappa shape index (κ3) is 5.80. The highest BCUT2D eigenvalue weighted by Gasteiger charge is 2.24. The zero-order valence-corrected chi connectivity index (χ0v) is 17.7. The van der Waals surface area contributed by atoms with Crippen LogP contribution in [0.2, 0.25) is 0 Å². The molecule has 0 spiro atoms. The number of rotatable bonds is 7. The van der Waals surface area contributed by atoms with Crippen LogP contribution in [-0.2, 0) is 21.2 Å². The van der Waals surface area contributed by atoms with Gasteiger partial charge in [-0.1, -0.05) is 30.3 Å². The first-order valence-electron chi connectivity index (χ1n) is 9.89. The molecule has 1 amide bonds. The van der Waals surface area contributed by atoms with E-state index in [2.05, 4.69) is 20.9 Å². The summed E-state index contributed by atoms with van der Waals surface area (Å²) in [5.74, 6) is 0.730. The summed E-state index contributed by atoms with van der Waals surface area (Å²) in [6, 6.07) is 14.3. The Morgan fingerprint density at radius 2 is 1.90 bits per heavy atom. The Morgan fingerprint density at radius 1 is 1.17 bits per heavy atom. The number of nitrogens with one attached hydrogen (secondary N) is 3. The summed E-state index contributed by atoms with van der Waals surface area (Å²) >= 11 is 0. The van der Waals surface area contributed by atoms with Gasteiger partial charge < -0.3 is 16.0 Å². The molecule has 5 N–H and O–H groups in total. The van der Waals surface area contributed by atoms with E-state index in [0.29, 0.717) is 31.9 Å². The zero-order valence-electron chi connectivity index (χ0n) is 16.9. The Hall–Kier alpha value is -2.91. The first-order valence-corrected chi connectivity index (χ1v) is 11.4. The summed E-state index contributed by atoms with van der Waals surface area (Å²) in [7, 11) is -3.68. The summed E-state index contributed by atoms with van der Waals surface area (Å²) in [4.78, 5) is 16.8. The Morgan fingerprint density at radius 3 is 2.60 bits per heavy atom. The molecule has 3 rings (SSSR count). The smallest absolute Gasteiger partial charge is 0.238 e. The Balaban J connectivity index is 1.59. The van der Waals surface area contributed by atoms with Crippen molar-refractivity contribution in [2.75, 3.05) is 25.0 Å². The highest BCUT2D eigenvalue weighted by Crippen LogP contribution is 2.31. The summed E-state index contributed by atoms with van der Waals surface area (Å²) in [5, 5.41) is 14.5. The predicted octanol–water partition coefficient (Wildman–Crippen LogP) is 1.56. The fourth-order valence-corrected chi connectivity index (χ4v) is 3.89. The van der Waals surface area contributed by atoms with Gasteiger partial charge >= 0.3 is 0 Å². The van der Waals surface area contributed by atoms with Crippen molar-refractivity contribution in [1.82, 2.24) is 10.6 Å². The number of fused-ring (bicyclic) bond motifs is 1. The lowest BCUT2D eigenvalue weighted by atomic mass is 9.91. The highest BCUT2D eigenvalue weighted by molar-refractivity contribution is 7.89. The average Bonchev–Trinajstić information content (AvgIpc) is 2.71. The van der Waals surface area contributed by atoms with Gasteiger partial charge in [0, 0.05) is 31.1 Å². The van der Waals surface area contributed by atoms with Crippen molar-refractivity contribution < 1.29 is 13.2 Å². The van der Waals surface area contributed by atoms with Crippen LogP contribution in [0.1, 0.15) is 30.4 Å². The van der Waals surface area contributed by atoms with E-state index in [4.69, 9.17) is 5.14 Å². The van der Waals surface area contributed by atoms with Crippen molar-refractivity contribution >= 4 is 27.6 Å². The second-order valence-corrected chi connectivity index (χ2v) is 8.68. The minimum atomic E-state index is -3.68. The van der Waals surface area contributed by atoms with Crippen molar-refractivity contribution in [3.8, 4) is 0 Å². The minimum Gasteiger partial charge on any atom is -0.357 e. The number of guanidine groups is 1. The number of primary sulfonamides is 1. The van der Waals surface area contributed by atoms with Crippen LogP contribution in [0.4, 0.5) is 5.69 Å². The maximum atomic E-state index is 12.0. The van der Waals surface area contributed by atoms with Crippen molar-refractivity contribution in [1.29, 1.82) is 0 Å². The van der Waals surface area contributed by atoms with Crippen LogP contribution >= 0.6 is 0 Å². The van der Waals surface area contributed by atoms with Gasteiger partial charge in [0.05, 0.1) is 11.4 Å². The van der Waals surface area contributed by atoms with E-state index in [1.54, 1.807) is 12.1 Å². The van der Waals surface area contributed by atoms with Gasteiger partial charge in [0.25, 0.3) is 0 Å². The van der Waals surface area contributed by atoms with Crippen LogP contribution in [0.3, 0.4) is 0 Å². The minimum absolute atomic E-state index is 0.00907. The molecule has 1 atom stereocenters. The number of aliphatic imine (C=N–C) groups is 1. The van der Waals surface area contributed by atoms with Crippen molar-refractivity contribution in [2.24, 2.45) is 10.1 Å². The fourth-order valence-electron chi connectivity index (χ4n) is 3.38. The molecule has 0 aromatic heterocycles. The lowest BCUT2D eigenvalue weighted by Crippen LogP contribution is -2.38. The van der Waals surface area contributed by atoms with Crippen LogP contribution in [0.25, 0.3) is 0 Å². The molecular formula is C21H27N5O3S. The molecular weight excluding hydrogens is 402 g/mol. The maximum absolute atomic E-state index is 12.0. The number of carbonyl (C=O) groups is 1. The number of hydrogen-bond acceptors (Lipinski definition) is 4. The molecule has 1 aliphatic heterocycles. The fraction of sp³-hybridized carbons (Fsp3) is 0.333. The third-order valence-electron chi connectivity index (χ3n) is 4.88. The number of nitrogens with zero attached hydrogens (tertiary/aromatic N) is 1. The van der Waals surface area contributed by atoms with Crippen molar-refractivity contribution in [3.63, 3.8) is 0 Å². The molecule has 8 nitrogen and oxygen atoms in total. The van der Waals surface area contributed by atoms with Crippen LogP contribution in [-0.4, -0.2) is 39.9 Å². The van der Waals surface area contributed by atoms with E-state index >= 15 is 0 Å². The van der Waals surface area contributed by atoms with Crippen LogP contribution in [0.15, 0.2) is 58.4 Å². The largest absolute Gasteiger partial charge is 0.357 e. The highest BCUT2D eigenvalue weighted by atomic mass is 32.2. The Bertz CT molecular complexity index is 1020. The molecule has 30 heavy (non-hydrogen) atoms. The number of amides is 1. The van der Waals surface area contributed by atoms with E-state index < -0.39 is 10.0 Å². The second kappa shape index (κ2) is 9.73. The molecule has 2 aromatic carbocycles. The molecule has 2 aromatic rings. The molecule has 0 aliphatic carbocycles. The van der Waals surface area contributed by atoms with E-state index in [-0.39, 0.29) is 16.7 Å². The number of benzene rings is 2. The van der Waals surface area contributed by atoms with Gasteiger partial charge in [0.1, 0.15) is 0 Å². The standard InChI is InChI=1S/C21H27N5O3S/c1-2-23-21(24-12-11-15-7-9-17(10-8-15)30(22,28)29)25-14-16-13-20(27)26-19-6-4-3-5-18(16)19/h3-10,16H,2,11-14H2,1H3,(H,26,27)(H2,22,28,29)(H2,23,24,25). The predicted molar refractivity (Wildman–Crippen MR) is 118 cm³/mol. The molecule has 0 fully saturated rings. The third-order valence-corrected chi connectivity index (χ3v) is 5.81. The zero-order chi connectivity index (χ0) is 21.6. The SMILES string of the molecule is CCNC(=NCC1CC(=O)Nc2ccccc21)NCCc1ccc(S(N)(=O)=O)cc1. The molecule has 9 heteroatoms. The monoisotopic (exact) mass is 429 g/mol. The summed E-state index contributed by atoms with van der Waals surface area (Å²) in [6.45, 7) is 3.84. The molecule has 1 unspecified atom stereocenters. The number of para-hydroxylation sites is 1. The van der Waals surface area contributed by atoms with Crippen LogP contribution in [0, 0.1) is 0 Å². The molecule has 160 valence electrons. The topological polar surface area (TPSA) is 126 Å². The van der Waals surface area contributed by atoms with E-state index in [1.165, 1.54) is 12.1 Å². The number of carbonyl (C=O) groups excluding carboxylic acids is 1. The van der Waals surface area contributed by atoms with Gasteiger partial charge in [-0.25, -0.2) is 13.6 Å². The van der Waals surface area contributed by atoms with Gasteiger partial charge in [-0.05, 0) is 42.7 Å². The molecule has 0 saturated carbocycles. The Labute approximate surface area is 177 Å². The lowest BCUT2D eigenvalue weighted by Gasteiger charge is -2.24. The van der Waals surface area contributed by atoms with Gasteiger partial charge in [-0.15, -0.1) is 0 Å².